The summed E-state index contributed by atoms with van der Waals surface area (Å²) in [5.41, 5.74) is 6.17. The molecule has 82 valence electrons. The van der Waals surface area contributed by atoms with Crippen molar-refractivity contribution in [2.24, 2.45) is 0 Å². The maximum absolute atomic E-state index is 11.0. The zero-order chi connectivity index (χ0) is 10.8. The molecule has 0 saturated carbocycles. The number of nitrogens with zero attached hydrogens (tertiary/aromatic N) is 1. The Hall–Kier alpha value is -1.14. The zero-order valence-corrected chi connectivity index (χ0v) is 8.92. The van der Waals surface area contributed by atoms with E-state index in [1.807, 2.05) is 0 Å². The summed E-state index contributed by atoms with van der Waals surface area (Å²) in [4.78, 5) is 15.4. The van der Waals surface area contributed by atoms with Gasteiger partial charge in [-0.2, -0.15) is 0 Å². The van der Waals surface area contributed by atoms with Gasteiger partial charge in [-0.1, -0.05) is 11.3 Å². The van der Waals surface area contributed by atoms with E-state index in [0.717, 1.165) is 24.2 Å². The Morgan fingerprint density at radius 3 is 2.80 bits per heavy atom. The molecule has 2 rings (SSSR count). The first-order valence-electron chi connectivity index (χ1n) is 4.75. The molecule has 1 fully saturated rings. The van der Waals surface area contributed by atoms with Gasteiger partial charge >= 0.3 is 5.97 Å². The summed E-state index contributed by atoms with van der Waals surface area (Å²) in [6.45, 7) is 1.34. The Labute approximate surface area is 90.9 Å². The third-order valence-corrected chi connectivity index (χ3v) is 3.36. The number of carbonyl (C=O) groups is 1. The molecule has 6 heteroatoms. The molecule has 15 heavy (non-hydrogen) atoms. The van der Waals surface area contributed by atoms with E-state index >= 15 is 0 Å². The van der Waals surface area contributed by atoms with Crippen LogP contribution in [0.5, 0.6) is 0 Å². The van der Waals surface area contributed by atoms with Crippen molar-refractivity contribution in [3.8, 4) is 0 Å². The van der Waals surface area contributed by atoms with Gasteiger partial charge in [-0.15, -0.1) is 0 Å². The average Bonchev–Trinajstić information content (AvgIpc) is 2.62. The van der Waals surface area contributed by atoms with Crippen LogP contribution in [-0.2, 0) is 4.74 Å². The minimum Gasteiger partial charge on any atom is -0.477 e. The van der Waals surface area contributed by atoms with Crippen LogP contribution in [-0.4, -0.2) is 29.3 Å². The number of carboxylic acids is 1. The molecule has 1 aliphatic heterocycles. The molecular formula is C9H12N2O3S. The van der Waals surface area contributed by atoms with Crippen molar-refractivity contribution in [2.75, 3.05) is 18.9 Å². The van der Waals surface area contributed by atoms with E-state index in [2.05, 4.69) is 4.98 Å². The van der Waals surface area contributed by atoms with Crippen LogP contribution in [0.25, 0.3) is 0 Å². The maximum atomic E-state index is 11.0. The number of anilines is 1. The van der Waals surface area contributed by atoms with Gasteiger partial charge in [0.05, 0.1) is 5.69 Å². The highest BCUT2D eigenvalue weighted by Gasteiger charge is 2.25. The van der Waals surface area contributed by atoms with Gasteiger partial charge in [-0.05, 0) is 12.8 Å². The van der Waals surface area contributed by atoms with Gasteiger partial charge in [0.1, 0.15) is 4.88 Å². The Morgan fingerprint density at radius 1 is 1.53 bits per heavy atom. The Bertz CT molecular complexity index is 371. The van der Waals surface area contributed by atoms with Crippen molar-refractivity contribution in [1.29, 1.82) is 0 Å². The Balaban J connectivity index is 2.28. The number of thiazole rings is 1. The van der Waals surface area contributed by atoms with Gasteiger partial charge in [-0.3, -0.25) is 0 Å². The van der Waals surface area contributed by atoms with Gasteiger partial charge in [0.15, 0.2) is 5.13 Å². The summed E-state index contributed by atoms with van der Waals surface area (Å²) in [6.07, 6.45) is 1.65. The summed E-state index contributed by atoms with van der Waals surface area (Å²) < 4.78 is 5.23. The summed E-state index contributed by atoms with van der Waals surface area (Å²) in [5.74, 6) is -0.760. The van der Waals surface area contributed by atoms with Crippen molar-refractivity contribution in [3.05, 3.63) is 10.6 Å². The molecule has 1 saturated heterocycles. The van der Waals surface area contributed by atoms with Crippen LogP contribution in [0.1, 0.15) is 34.1 Å². The fourth-order valence-corrected chi connectivity index (χ4v) is 2.51. The van der Waals surface area contributed by atoms with Crippen LogP contribution >= 0.6 is 11.3 Å². The number of aromatic carboxylic acids is 1. The van der Waals surface area contributed by atoms with Crippen molar-refractivity contribution < 1.29 is 14.6 Å². The molecule has 0 aromatic carbocycles. The third kappa shape index (κ3) is 2.10. The van der Waals surface area contributed by atoms with Crippen LogP contribution in [0, 0.1) is 0 Å². The average molecular weight is 228 g/mol. The van der Waals surface area contributed by atoms with Crippen molar-refractivity contribution >= 4 is 22.4 Å². The highest BCUT2D eigenvalue weighted by molar-refractivity contribution is 7.17. The second kappa shape index (κ2) is 4.16. The molecule has 3 N–H and O–H groups in total. The molecular weight excluding hydrogens is 216 g/mol. The van der Waals surface area contributed by atoms with E-state index < -0.39 is 5.97 Å². The number of nitrogen functional groups attached to an aromatic ring is 1. The summed E-state index contributed by atoms with van der Waals surface area (Å²) in [5, 5.41) is 9.32. The van der Waals surface area contributed by atoms with E-state index in [4.69, 9.17) is 15.6 Å². The summed E-state index contributed by atoms with van der Waals surface area (Å²) in [6, 6.07) is 0. The van der Waals surface area contributed by atoms with Crippen molar-refractivity contribution in [3.63, 3.8) is 0 Å². The lowest BCUT2D eigenvalue weighted by molar-refractivity contribution is 0.0689. The minimum absolute atomic E-state index is 0.179. The first-order chi connectivity index (χ1) is 7.18. The highest BCUT2D eigenvalue weighted by atomic mass is 32.1. The standard InChI is InChI=1S/C9H12N2O3S/c10-9-11-6(7(15-9)8(12)13)5-1-3-14-4-2-5/h5H,1-4H2,(H2,10,11)(H,12,13). The van der Waals surface area contributed by atoms with Gasteiger partial charge in [-0.25, -0.2) is 9.78 Å². The second-order valence-corrected chi connectivity index (χ2v) is 4.49. The van der Waals surface area contributed by atoms with Crippen LogP contribution in [0.4, 0.5) is 5.13 Å². The molecule has 0 unspecified atom stereocenters. The predicted octanol–water partition coefficient (Wildman–Crippen LogP) is 1.32. The molecule has 1 aromatic heterocycles. The van der Waals surface area contributed by atoms with Crippen molar-refractivity contribution in [2.45, 2.75) is 18.8 Å². The van der Waals surface area contributed by atoms with Gasteiger partial charge in [0.2, 0.25) is 0 Å². The molecule has 1 aromatic rings. The number of carboxylic acid groups (broad SMARTS) is 1. The van der Waals surface area contributed by atoms with Crippen LogP contribution < -0.4 is 5.73 Å². The topological polar surface area (TPSA) is 85.4 Å². The van der Waals surface area contributed by atoms with Crippen LogP contribution in [0.3, 0.4) is 0 Å². The molecule has 0 atom stereocenters. The molecule has 0 bridgehead atoms. The lowest BCUT2D eigenvalue weighted by Crippen LogP contribution is -2.16. The molecule has 2 heterocycles. The van der Waals surface area contributed by atoms with Crippen LogP contribution in [0.2, 0.25) is 0 Å². The SMILES string of the molecule is Nc1nc(C2CCOCC2)c(C(=O)O)s1. The monoisotopic (exact) mass is 228 g/mol. The number of aromatic nitrogens is 1. The van der Waals surface area contributed by atoms with Crippen molar-refractivity contribution in [1.82, 2.24) is 4.98 Å². The highest BCUT2D eigenvalue weighted by Crippen LogP contribution is 2.32. The van der Waals surface area contributed by atoms with Crippen LogP contribution in [0.15, 0.2) is 0 Å². The zero-order valence-electron chi connectivity index (χ0n) is 8.10. The fraction of sp³-hybridized carbons (Fsp3) is 0.556. The first kappa shape index (κ1) is 10.4. The van der Waals surface area contributed by atoms with E-state index in [0.29, 0.717) is 24.0 Å². The maximum Gasteiger partial charge on any atom is 0.347 e. The number of ether oxygens (including phenoxy) is 1. The number of rotatable bonds is 2. The quantitative estimate of drug-likeness (QED) is 0.797. The van der Waals surface area contributed by atoms with Gasteiger partial charge in [0, 0.05) is 19.1 Å². The number of nitrogens with two attached hydrogens (primary N) is 1. The summed E-state index contributed by atoms with van der Waals surface area (Å²) >= 11 is 1.04. The molecule has 5 nitrogen and oxygen atoms in total. The Kier molecular flexibility index (Phi) is 2.88. The lowest BCUT2D eigenvalue weighted by atomic mass is 9.96. The van der Waals surface area contributed by atoms with E-state index in [1.54, 1.807) is 0 Å². The molecule has 0 aliphatic carbocycles. The predicted molar refractivity (Wildman–Crippen MR) is 56.3 cm³/mol. The first-order valence-corrected chi connectivity index (χ1v) is 5.57. The summed E-state index contributed by atoms with van der Waals surface area (Å²) in [7, 11) is 0. The molecule has 0 amide bonds. The van der Waals surface area contributed by atoms with E-state index in [9.17, 15) is 4.79 Å². The lowest BCUT2D eigenvalue weighted by Gasteiger charge is -2.20. The third-order valence-electron chi connectivity index (χ3n) is 2.47. The minimum atomic E-state index is -0.939. The number of hydrogen-bond acceptors (Lipinski definition) is 5. The second-order valence-electron chi connectivity index (χ2n) is 3.46. The Morgan fingerprint density at radius 2 is 2.20 bits per heavy atom. The van der Waals surface area contributed by atoms with E-state index in [-0.39, 0.29) is 10.8 Å². The molecule has 0 spiro atoms. The smallest absolute Gasteiger partial charge is 0.347 e. The largest absolute Gasteiger partial charge is 0.477 e. The van der Waals surface area contributed by atoms with Gasteiger partial charge in [0.25, 0.3) is 0 Å². The molecule has 0 radical (unpaired) electrons. The number of hydrogen-bond donors (Lipinski definition) is 2. The van der Waals surface area contributed by atoms with Gasteiger partial charge < -0.3 is 15.6 Å². The fourth-order valence-electron chi connectivity index (χ4n) is 1.75. The molecule has 1 aliphatic rings. The normalized spacial score (nSPS) is 17.9. The van der Waals surface area contributed by atoms with E-state index in [1.165, 1.54) is 0 Å².